The Bertz CT molecular complexity index is 1010. The second-order valence-electron chi connectivity index (χ2n) is 6.05. The zero-order chi connectivity index (χ0) is 17.4. The molecule has 0 radical (unpaired) electrons. The number of non-ortho nitro benzene ring substituents is 1. The molecule has 1 atom stereocenters. The highest BCUT2D eigenvalue weighted by molar-refractivity contribution is 5.84. The molecule has 0 bridgehead atoms. The third-order valence-electron chi connectivity index (χ3n) is 4.59. The maximum atomic E-state index is 12.2. The van der Waals surface area contributed by atoms with Crippen molar-refractivity contribution in [3.8, 4) is 0 Å². The van der Waals surface area contributed by atoms with E-state index in [2.05, 4.69) is 10.2 Å². The summed E-state index contributed by atoms with van der Waals surface area (Å²) < 4.78 is 0. The fourth-order valence-corrected chi connectivity index (χ4v) is 3.36. The lowest BCUT2D eigenvalue weighted by Crippen LogP contribution is -2.16. The number of aromatic amines is 2. The van der Waals surface area contributed by atoms with Crippen molar-refractivity contribution in [1.29, 1.82) is 0 Å². The van der Waals surface area contributed by atoms with Gasteiger partial charge in [0.05, 0.1) is 16.2 Å². The summed E-state index contributed by atoms with van der Waals surface area (Å²) in [6.45, 7) is 0. The monoisotopic (exact) mass is 333 g/mol. The molecular formula is C19H15N3O3. The molecule has 1 unspecified atom stereocenters. The van der Waals surface area contributed by atoms with Gasteiger partial charge in [0.25, 0.3) is 11.2 Å². The van der Waals surface area contributed by atoms with E-state index in [1.165, 1.54) is 12.1 Å². The van der Waals surface area contributed by atoms with Gasteiger partial charge in [0.2, 0.25) is 0 Å². The lowest BCUT2D eigenvalue weighted by molar-refractivity contribution is -0.384. The molecule has 1 aliphatic carbocycles. The summed E-state index contributed by atoms with van der Waals surface area (Å²) in [5.41, 5.74) is 4.43. The molecule has 0 fully saturated rings. The van der Waals surface area contributed by atoms with Gasteiger partial charge in [-0.25, -0.2) is 0 Å². The Hall–Kier alpha value is -3.41. The van der Waals surface area contributed by atoms with Crippen LogP contribution in [0.25, 0.3) is 11.6 Å². The summed E-state index contributed by atoms with van der Waals surface area (Å²) in [7, 11) is 0. The molecule has 25 heavy (non-hydrogen) atoms. The van der Waals surface area contributed by atoms with E-state index < -0.39 is 4.92 Å². The number of nitro groups is 1. The Kier molecular flexibility index (Phi) is 3.57. The van der Waals surface area contributed by atoms with E-state index in [0.29, 0.717) is 12.0 Å². The van der Waals surface area contributed by atoms with Gasteiger partial charge >= 0.3 is 0 Å². The van der Waals surface area contributed by atoms with Crippen LogP contribution in [0, 0.1) is 10.1 Å². The third kappa shape index (κ3) is 2.67. The first-order valence-corrected chi connectivity index (χ1v) is 7.94. The SMILES string of the molecule is O=c1[nH][nH]c2c1C(c1ccc([N+](=O)[O-])cc1)CC(c1ccccc1)=C2. The average Bonchev–Trinajstić information content (AvgIpc) is 3.03. The van der Waals surface area contributed by atoms with E-state index in [0.717, 1.165) is 22.4 Å². The molecule has 2 aromatic carbocycles. The Labute approximate surface area is 143 Å². The number of H-pyrrole nitrogens is 2. The number of nitrogens with zero attached hydrogens (tertiary/aromatic N) is 1. The summed E-state index contributed by atoms with van der Waals surface area (Å²) in [6, 6.07) is 16.4. The summed E-state index contributed by atoms with van der Waals surface area (Å²) in [4.78, 5) is 22.7. The van der Waals surface area contributed by atoms with E-state index in [4.69, 9.17) is 0 Å². The quantitative estimate of drug-likeness (QED) is 0.565. The molecule has 4 rings (SSSR count). The number of benzene rings is 2. The van der Waals surface area contributed by atoms with Crippen LogP contribution in [0.2, 0.25) is 0 Å². The van der Waals surface area contributed by atoms with Crippen molar-refractivity contribution in [3.05, 3.63) is 97.4 Å². The van der Waals surface area contributed by atoms with Crippen LogP contribution in [0.4, 0.5) is 5.69 Å². The second kappa shape index (κ2) is 5.90. The topological polar surface area (TPSA) is 91.8 Å². The fourth-order valence-electron chi connectivity index (χ4n) is 3.36. The molecule has 0 spiro atoms. The van der Waals surface area contributed by atoms with Gasteiger partial charge in [0.1, 0.15) is 0 Å². The molecule has 0 saturated carbocycles. The molecule has 3 aromatic rings. The van der Waals surface area contributed by atoms with E-state index in [1.807, 2.05) is 36.4 Å². The minimum Gasteiger partial charge on any atom is -0.298 e. The van der Waals surface area contributed by atoms with Crippen molar-refractivity contribution >= 4 is 17.3 Å². The molecule has 6 nitrogen and oxygen atoms in total. The highest BCUT2D eigenvalue weighted by Gasteiger charge is 2.28. The van der Waals surface area contributed by atoms with Crippen molar-refractivity contribution in [2.24, 2.45) is 0 Å². The minimum absolute atomic E-state index is 0.0431. The zero-order valence-electron chi connectivity index (χ0n) is 13.2. The molecule has 1 aromatic heterocycles. The Balaban J connectivity index is 1.80. The van der Waals surface area contributed by atoms with Gasteiger partial charge in [-0.05, 0) is 29.2 Å². The molecule has 2 N–H and O–H groups in total. The second-order valence-corrected chi connectivity index (χ2v) is 6.05. The van der Waals surface area contributed by atoms with Crippen molar-refractivity contribution in [3.63, 3.8) is 0 Å². The van der Waals surface area contributed by atoms with Crippen LogP contribution < -0.4 is 5.56 Å². The first-order valence-electron chi connectivity index (χ1n) is 7.94. The van der Waals surface area contributed by atoms with Crippen LogP contribution in [-0.4, -0.2) is 15.1 Å². The largest absolute Gasteiger partial charge is 0.298 e. The van der Waals surface area contributed by atoms with E-state index in [9.17, 15) is 14.9 Å². The third-order valence-corrected chi connectivity index (χ3v) is 4.59. The van der Waals surface area contributed by atoms with Crippen molar-refractivity contribution in [1.82, 2.24) is 10.2 Å². The Morgan fingerprint density at radius 1 is 1.00 bits per heavy atom. The molecule has 1 heterocycles. The first-order chi connectivity index (χ1) is 12.1. The molecule has 124 valence electrons. The average molecular weight is 333 g/mol. The highest BCUT2D eigenvalue weighted by atomic mass is 16.6. The van der Waals surface area contributed by atoms with Gasteiger partial charge in [-0.15, -0.1) is 0 Å². The van der Waals surface area contributed by atoms with E-state index in [1.54, 1.807) is 12.1 Å². The first kappa shape index (κ1) is 15.1. The van der Waals surface area contributed by atoms with Crippen LogP contribution in [0.15, 0.2) is 59.4 Å². The number of nitro benzene ring substituents is 1. The number of hydrogen-bond donors (Lipinski definition) is 2. The van der Waals surface area contributed by atoms with Crippen molar-refractivity contribution < 1.29 is 4.92 Å². The summed E-state index contributed by atoms with van der Waals surface area (Å²) in [5.74, 6) is -0.147. The molecule has 0 amide bonds. The number of nitrogens with one attached hydrogen (secondary N) is 2. The van der Waals surface area contributed by atoms with Gasteiger partial charge in [0, 0.05) is 18.1 Å². The van der Waals surface area contributed by atoms with E-state index >= 15 is 0 Å². The van der Waals surface area contributed by atoms with Crippen LogP contribution in [0.3, 0.4) is 0 Å². The number of aromatic nitrogens is 2. The zero-order valence-corrected chi connectivity index (χ0v) is 13.2. The molecule has 1 aliphatic rings. The summed E-state index contributed by atoms with van der Waals surface area (Å²) >= 11 is 0. The van der Waals surface area contributed by atoms with Gasteiger partial charge < -0.3 is 0 Å². The van der Waals surface area contributed by atoms with Crippen LogP contribution in [-0.2, 0) is 0 Å². The normalized spacial score (nSPS) is 16.2. The Morgan fingerprint density at radius 3 is 2.40 bits per heavy atom. The van der Waals surface area contributed by atoms with Gasteiger partial charge in [-0.1, -0.05) is 42.5 Å². The van der Waals surface area contributed by atoms with Crippen LogP contribution >= 0.6 is 0 Å². The fraction of sp³-hybridized carbons (Fsp3) is 0.105. The Morgan fingerprint density at radius 2 is 1.72 bits per heavy atom. The summed E-state index contributed by atoms with van der Waals surface area (Å²) in [6.07, 6.45) is 2.65. The molecule has 6 heteroatoms. The lowest BCUT2D eigenvalue weighted by Gasteiger charge is -2.23. The predicted octanol–water partition coefficient (Wildman–Crippen LogP) is 3.69. The van der Waals surface area contributed by atoms with Crippen LogP contribution in [0.5, 0.6) is 0 Å². The number of hydrogen-bond acceptors (Lipinski definition) is 3. The standard InChI is InChI=1S/C19H15N3O3/c23-19-18-16(13-6-8-15(9-7-13)22(24)25)10-14(11-17(18)20-21-19)12-4-2-1-3-5-12/h1-9,11,16H,10H2,(H2,20,21,23). The summed E-state index contributed by atoms with van der Waals surface area (Å²) in [5, 5.41) is 16.5. The minimum atomic E-state index is -0.422. The highest BCUT2D eigenvalue weighted by Crippen LogP contribution is 2.39. The van der Waals surface area contributed by atoms with E-state index in [-0.39, 0.29) is 17.2 Å². The lowest BCUT2D eigenvalue weighted by atomic mass is 9.80. The molecule has 0 aliphatic heterocycles. The smallest absolute Gasteiger partial charge is 0.269 e. The van der Waals surface area contributed by atoms with Gasteiger partial charge in [-0.3, -0.25) is 25.1 Å². The van der Waals surface area contributed by atoms with Crippen molar-refractivity contribution in [2.45, 2.75) is 12.3 Å². The maximum Gasteiger partial charge on any atom is 0.269 e. The predicted molar refractivity (Wildman–Crippen MR) is 95.3 cm³/mol. The molecule has 0 saturated heterocycles. The van der Waals surface area contributed by atoms with Crippen LogP contribution in [0.1, 0.15) is 34.7 Å². The number of allylic oxidation sites excluding steroid dienone is 1. The number of fused-ring (bicyclic) bond motifs is 1. The maximum absolute atomic E-state index is 12.2. The van der Waals surface area contributed by atoms with Crippen molar-refractivity contribution in [2.75, 3.05) is 0 Å². The van der Waals surface area contributed by atoms with Gasteiger partial charge in [-0.2, -0.15) is 0 Å². The molecular weight excluding hydrogens is 318 g/mol. The number of rotatable bonds is 3. The van der Waals surface area contributed by atoms with Gasteiger partial charge in [0.15, 0.2) is 0 Å².